The molecule has 2 amide bonds. The Morgan fingerprint density at radius 3 is 2.64 bits per heavy atom. The Labute approximate surface area is 144 Å². The Balaban J connectivity index is 1.50. The van der Waals surface area contributed by atoms with Crippen molar-refractivity contribution in [1.82, 2.24) is 10.2 Å². The highest BCUT2D eigenvalue weighted by atomic mass is 19.4. The summed E-state index contributed by atoms with van der Waals surface area (Å²) in [5.74, 6) is 0. The molecule has 5 nitrogen and oxygen atoms in total. The van der Waals surface area contributed by atoms with Crippen LogP contribution in [0.2, 0.25) is 0 Å². The number of carbonyl (C=O) groups is 1. The summed E-state index contributed by atoms with van der Waals surface area (Å²) >= 11 is 0. The molecule has 1 aromatic rings. The molecule has 0 aliphatic carbocycles. The van der Waals surface area contributed by atoms with E-state index in [1.807, 2.05) is 4.90 Å². The maximum atomic E-state index is 12.8. The molecule has 0 aromatic heterocycles. The molecule has 2 fully saturated rings. The number of ether oxygens (including phenoxy) is 1. The lowest BCUT2D eigenvalue weighted by Gasteiger charge is -2.36. The Bertz CT molecular complexity index is 595. The van der Waals surface area contributed by atoms with Gasteiger partial charge in [0.1, 0.15) is 0 Å². The minimum atomic E-state index is -4.35. The summed E-state index contributed by atoms with van der Waals surface area (Å²) in [5.41, 5.74) is -0.115. The maximum absolute atomic E-state index is 12.8. The second kappa shape index (κ2) is 7.51. The summed E-state index contributed by atoms with van der Waals surface area (Å²) in [7, 11) is 0. The van der Waals surface area contributed by atoms with Gasteiger partial charge in [-0.15, -0.1) is 0 Å². The van der Waals surface area contributed by atoms with Gasteiger partial charge in [-0.2, -0.15) is 13.2 Å². The van der Waals surface area contributed by atoms with E-state index in [0.717, 1.165) is 31.6 Å². The topological polar surface area (TPSA) is 44.8 Å². The number of urea groups is 1. The van der Waals surface area contributed by atoms with Crippen molar-refractivity contribution >= 4 is 11.7 Å². The minimum Gasteiger partial charge on any atom is -0.376 e. The number of nitrogens with one attached hydrogen (secondary N) is 1. The second-order valence-corrected chi connectivity index (χ2v) is 6.34. The van der Waals surface area contributed by atoms with Crippen molar-refractivity contribution in [2.24, 2.45) is 0 Å². The minimum absolute atomic E-state index is 0.0929. The summed E-state index contributed by atoms with van der Waals surface area (Å²) in [6.45, 7) is 3.23. The van der Waals surface area contributed by atoms with Crippen molar-refractivity contribution in [2.75, 3.05) is 44.2 Å². The van der Waals surface area contributed by atoms with Crippen LogP contribution in [0, 0.1) is 0 Å². The molecule has 2 aliphatic rings. The van der Waals surface area contributed by atoms with Gasteiger partial charge in [-0.1, -0.05) is 6.07 Å². The van der Waals surface area contributed by atoms with Crippen LogP contribution in [0.1, 0.15) is 18.4 Å². The first-order valence-electron chi connectivity index (χ1n) is 8.50. The van der Waals surface area contributed by atoms with Crippen LogP contribution in [-0.4, -0.2) is 56.4 Å². The maximum Gasteiger partial charge on any atom is 0.416 e. The van der Waals surface area contributed by atoms with E-state index in [4.69, 9.17) is 4.74 Å². The first-order valence-corrected chi connectivity index (χ1v) is 8.50. The molecular weight excluding hydrogens is 335 g/mol. The Morgan fingerprint density at radius 2 is 2.00 bits per heavy atom. The molecule has 2 aliphatic heterocycles. The number of hydrogen-bond donors (Lipinski definition) is 1. The molecule has 0 bridgehead atoms. The van der Waals surface area contributed by atoms with Crippen LogP contribution in [0.3, 0.4) is 0 Å². The van der Waals surface area contributed by atoms with Gasteiger partial charge >= 0.3 is 12.2 Å². The van der Waals surface area contributed by atoms with Gasteiger partial charge in [0.15, 0.2) is 0 Å². The Kier molecular flexibility index (Phi) is 5.36. The van der Waals surface area contributed by atoms with Gasteiger partial charge in [0.25, 0.3) is 0 Å². The third-order valence-electron chi connectivity index (χ3n) is 4.61. The molecule has 1 aromatic carbocycles. The first kappa shape index (κ1) is 17.8. The van der Waals surface area contributed by atoms with Gasteiger partial charge in [-0.05, 0) is 31.0 Å². The number of nitrogens with zero attached hydrogens (tertiary/aromatic N) is 2. The number of benzene rings is 1. The van der Waals surface area contributed by atoms with Crippen LogP contribution in [0.15, 0.2) is 24.3 Å². The van der Waals surface area contributed by atoms with E-state index < -0.39 is 11.7 Å². The van der Waals surface area contributed by atoms with Gasteiger partial charge in [-0.25, -0.2) is 4.79 Å². The largest absolute Gasteiger partial charge is 0.416 e. The highest BCUT2D eigenvalue weighted by Crippen LogP contribution is 2.31. The zero-order valence-electron chi connectivity index (χ0n) is 13.9. The summed E-state index contributed by atoms with van der Waals surface area (Å²) in [6.07, 6.45) is -2.27. The van der Waals surface area contributed by atoms with Crippen molar-refractivity contribution in [3.8, 4) is 0 Å². The third-order valence-corrected chi connectivity index (χ3v) is 4.61. The fraction of sp³-hybridized carbons (Fsp3) is 0.588. The van der Waals surface area contributed by atoms with E-state index in [-0.39, 0.29) is 12.1 Å². The van der Waals surface area contributed by atoms with Crippen LogP contribution in [0.25, 0.3) is 0 Å². The van der Waals surface area contributed by atoms with Gasteiger partial charge < -0.3 is 19.9 Å². The smallest absolute Gasteiger partial charge is 0.376 e. The van der Waals surface area contributed by atoms with E-state index in [1.165, 1.54) is 6.07 Å². The number of hydrogen-bond acceptors (Lipinski definition) is 3. The predicted molar refractivity (Wildman–Crippen MR) is 87.6 cm³/mol. The van der Waals surface area contributed by atoms with Crippen molar-refractivity contribution in [1.29, 1.82) is 0 Å². The number of piperazine rings is 1. The van der Waals surface area contributed by atoms with Crippen molar-refractivity contribution in [2.45, 2.75) is 25.1 Å². The molecule has 3 rings (SSSR count). The van der Waals surface area contributed by atoms with Crippen LogP contribution in [0.5, 0.6) is 0 Å². The highest BCUT2D eigenvalue weighted by molar-refractivity contribution is 5.74. The summed E-state index contributed by atoms with van der Waals surface area (Å²) in [5, 5.41) is 2.87. The van der Waals surface area contributed by atoms with E-state index in [9.17, 15) is 18.0 Å². The molecule has 0 saturated carbocycles. The normalized spacial score (nSPS) is 21.5. The molecule has 0 radical (unpaired) electrons. The standard InChI is InChI=1S/C17H22F3N3O2/c18-17(19,20)13-3-1-4-14(11-13)22-6-8-23(9-7-22)16(24)21-12-15-5-2-10-25-15/h1,3-4,11,15H,2,5-10,12H2,(H,21,24). The van der Waals surface area contributed by atoms with E-state index >= 15 is 0 Å². The average Bonchev–Trinajstić information content (AvgIpc) is 3.13. The molecule has 25 heavy (non-hydrogen) atoms. The fourth-order valence-corrected chi connectivity index (χ4v) is 3.16. The Hall–Kier alpha value is -1.96. The zero-order chi connectivity index (χ0) is 17.9. The molecule has 2 heterocycles. The van der Waals surface area contributed by atoms with Crippen LogP contribution < -0.4 is 10.2 Å². The Morgan fingerprint density at radius 1 is 1.24 bits per heavy atom. The van der Waals surface area contributed by atoms with Gasteiger partial charge in [0, 0.05) is 45.0 Å². The molecule has 1 N–H and O–H groups in total. The van der Waals surface area contributed by atoms with Crippen LogP contribution in [-0.2, 0) is 10.9 Å². The molecule has 0 spiro atoms. The lowest BCUT2D eigenvalue weighted by atomic mass is 10.1. The molecule has 1 unspecified atom stereocenters. The number of amides is 2. The quantitative estimate of drug-likeness (QED) is 0.905. The second-order valence-electron chi connectivity index (χ2n) is 6.34. The molecule has 1 atom stereocenters. The van der Waals surface area contributed by atoms with Crippen molar-refractivity contribution in [3.05, 3.63) is 29.8 Å². The lowest BCUT2D eigenvalue weighted by Crippen LogP contribution is -2.52. The molecule has 8 heteroatoms. The SMILES string of the molecule is O=C(NCC1CCCO1)N1CCN(c2cccc(C(F)(F)F)c2)CC1. The summed E-state index contributed by atoms with van der Waals surface area (Å²) < 4.78 is 43.9. The number of anilines is 1. The average molecular weight is 357 g/mol. The van der Waals surface area contributed by atoms with Gasteiger partial charge in [0.05, 0.1) is 11.7 Å². The first-order chi connectivity index (χ1) is 11.9. The number of carbonyl (C=O) groups excluding carboxylic acids is 1. The van der Waals surface area contributed by atoms with Crippen LogP contribution in [0.4, 0.5) is 23.7 Å². The number of alkyl halides is 3. The monoisotopic (exact) mass is 357 g/mol. The number of rotatable bonds is 3. The lowest BCUT2D eigenvalue weighted by molar-refractivity contribution is -0.137. The van der Waals surface area contributed by atoms with E-state index in [0.29, 0.717) is 38.4 Å². The van der Waals surface area contributed by atoms with E-state index in [2.05, 4.69) is 5.32 Å². The fourth-order valence-electron chi connectivity index (χ4n) is 3.16. The highest BCUT2D eigenvalue weighted by Gasteiger charge is 2.31. The van der Waals surface area contributed by atoms with Crippen LogP contribution >= 0.6 is 0 Å². The predicted octanol–water partition coefficient (Wildman–Crippen LogP) is 2.72. The third kappa shape index (κ3) is 4.56. The molecule has 2 saturated heterocycles. The zero-order valence-corrected chi connectivity index (χ0v) is 13.9. The summed E-state index contributed by atoms with van der Waals surface area (Å²) in [6, 6.07) is 5.17. The van der Waals surface area contributed by atoms with Gasteiger partial charge in [-0.3, -0.25) is 0 Å². The van der Waals surface area contributed by atoms with E-state index in [1.54, 1.807) is 11.0 Å². The molecule has 138 valence electrons. The number of halogens is 3. The van der Waals surface area contributed by atoms with Crippen molar-refractivity contribution in [3.63, 3.8) is 0 Å². The summed E-state index contributed by atoms with van der Waals surface area (Å²) in [4.78, 5) is 15.7. The molecular formula is C17H22F3N3O2. The van der Waals surface area contributed by atoms with Crippen molar-refractivity contribution < 1.29 is 22.7 Å². The van der Waals surface area contributed by atoms with Gasteiger partial charge in [0.2, 0.25) is 0 Å².